The molecule has 0 atom stereocenters. The molecule has 5 nitrogen and oxygen atoms in total. The molecular formula is C11H18O5. The van der Waals surface area contributed by atoms with Gasteiger partial charge in [-0.1, -0.05) is 27.2 Å². The Labute approximate surface area is 95.1 Å². The monoisotopic (exact) mass is 230 g/mol. The van der Waals surface area contributed by atoms with E-state index in [0.717, 1.165) is 6.42 Å². The van der Waals surface area contributed by atoms with Crippen LogP contribution in [0.2, 0.25) is 0 Å². The highest BCUT2D eigenvalue weighted by Gasteiger charge is 2.28. The molecule has 0 aliphatic carbocycles. The first-order chi connectivity index (χ1) is 7.58. The Morgan fingerprint density at radius 3 is 1.94 bits per heavy atom. The van der Waals surface area contributed by atoms with E-state index in [4.69, 9.17) is 9.90 Å². The molecule has 0 saturated heterocycles. The van der Waals surface area contributed by atoms with Crippen molar-refractivity contribution in [1.29, 1.82) is 0 Å². The summed E-state index contributed by atoms with van der Waals surface area (Å²) < 4.78 is 4.39. The average Bonchev–Trinajstić information content (AvgIpc) is 2.50. The number of hydrogen-bond acceptors (Lipinski definition) is 4. The lowest BCUT2D eigenvalue weighted by atomic mass is 10.1. The molecule has 0 radical (unpaired) electrons. The van der Waals surface area contributed by atoms with Crippen molar-refractivity contribution >= 4 is 18.4 Å². The number of carbonyl (C=O) groups is 3. The second-order valence-corrected chi connectivity index (χ2v) is 2.64. The minimum absolute atomic E-state index is 0.250. The summed E-state index contributed by atoms with van der Waals surface area (Å²) in [6, 6.07) is 0. The van der Waals surface area contributed by atoms with Gasteiger partial charge in [-0.2, -0.15) is 0 Å². The number of carboxylic acid groups (broad SMARTS) is 1. The lowest BCUT2D eigenvalue weighted by molar-refractivity contribution is -0.151. The molecule has 1 aliphatic rings. The molecule has 1 heterocycles. The zero-order chi connectivity index (χ0) is 13.1. The fourth-order valence-corrected chi connectivity index (χ4v) is 1.04. The van der Waals surface area contributed by atoms with Gasteiger partial charge in [-0.3, -0.25) is 4.79 Å². The van der Waals surface area contributed by atoms with Gasteiger partial charge in [0.15, 0.2) is 0 Å². The highest BCUT2D eigenvalue weighted by atomic mass is 16.6. The van der Waals surface area contributed by atoms with Crippen molar-refractivity contribution in [1.82, 2.24) is 0 Å². The Balaban J connectivity index is 0. The van der Waals surface area contributed by atoms with Gasteiger partial charge in [-0.25, -0.2) is 9.59 Å². The van der Waals surface area contributed by atoms with Crippen molar-refractivity contribution in [2.75, 3.05) is 0 Å². The summed E-state index contributed by atoms with van der Waals surface area (Å²) in [7, 11) is 0. The predicted octanol–water partition coefficient (Wildman–Crippen LogP) is 1.91. The topological polar surface area (TPSA) is 80.7 Å². The van der Waals surface area contributed by atoms with E-state index in [1.54, 1.807) is 6.92 Å². The van der Waals surface area contributed by atoms with Gasteiger partial charge in [0, 0.05) is 11.1 Å². The summed E-state index contributed by atoms with van der Waals surface area (Å²) in [5, 5.41) is 6.89. The van der Waals surface area contributed by atoms with E-state index < -0.39 is 11.9 Å². The molecule has 0 spiro atoms. The molecule has 0 saturated carbocycles. The maximum Gasteiger partial charge on any atom is 0.342 e. The van der Waals surface area contributed by atoms with Crippen LogP contribution in [0.15, 0.2) is 11.1 Å². The van der Waals surface area contributed by atoms with Crippen LogP contribution < -0.4 is 0 Å². The summed E-state index contributed by atoms with van der Waals surface area (Å²) >= 11 is 0. The number of cyclic esters (lactones) is 2. The highest BCUT2D eigenvalue weighted by Crippen LogP contribution is 2.20. The molecule has 1 aliphatic heterocycles. The fourth-order valence-electron chi connectivity index (χ4n) is 1.04. The zero-order valence-corrected chi connectivity index (χ0v) is 10.1. The first kappa shape index (κ1) is 16.8. The molecule has 0 fully saturated rings. The van der Waals surface area contributed by atoms with Crippen LogP contribution in [0.25, 0.3) is 0 Å². The summed E-state index contributed by atoms with van der Waals surface area (Å²) in [6.45, 7) is 7.33. The Hall–Kier alpha value is -1.65. The Bertz CT molecular complexity index is 278. The third-order valence-electron chi connectivity index (χ3n) is 1.69. The van der Waals surface area contributed by atoms with E-state index in [0.29, 0.717) is 17.6 Å². The number of rotatable bonds is 2. The van der Waals surface area contributed by atoms with Gasteiger partial charge in [0.25, 0.3) is 6.47 Å². The van der Waals surface area contributed by atoms with Crippen LogP contribution in [0.5, 0.6) is 0 Å². The SMILES string of the molecule is CC.CCCC1=C(C)C(=O)OC1=O.O=CO. The number of carbonyl (C=O) groups excluding carboxylic acids is 2. The van der Waals surface area contributed by atoms with Crippen LogP contribution >= 0.6 is 0 Å². The molecular weight excluding hydrogens is 212 g/mol. The van der Waals surface area contributed by atoms with Crippen LogP contribution in [0, 0.1) is 0 Å². The minimum Gasteiger partial charge on any atom is -0.483 e. The van der Waals surface area contributed by atoms with Gasteiger partial charge in [-0.05, 0) is 13.3 Å². The molecule has 0 amide bonds. The van der Waals surface area contributed by atoms with Crippen LogP contribution in [-0.4, -0.2) is 23.5 Å². The highest BCUT2D eigenvalue weighted by molar-refractivity contribution is 6.11. The lowest BCUT2D eigenvalue weighted by Crippen LogP contribution is -2.01. The first-order valence-corrected chi connectivity index (χ1v) is 5.12. The van der Waals surface area contributed by atoms with Crippen LogP contribution in [0.1, 0.15) is 40.5 Å². The molecule has 5 heteroatoms. The van der Waals surface area contributed by atoms with Crippen molar-refractivity contribution in [3.8, 4) is 0 Å². The summed E-state index contributed by atoms with van der Waals surface area (Å²) in [5.41, 5.74) is 1.01. The van der Waals surface area contributed by atoms with Gasteiger partial charge in [0.2, 0.25) is 0 Å². The van der Waals surface area contributed by atoms with Crippen molar-refractivity contribution in [3.63, 3.8) is 0 Å². The van der Waals surface area contributed by atoms with Crippen molar-refractivity contribution in [2.24, 2.45) is 0 Å². The van der Waals surface area contributed by atoms with E-state index in [-0.39, 0.29) is 6.47 Å². The van der Waals surface area contributed by atoms with E-state index >= 15 is 0 Å². The van der Waals surface area contributed by atoms with Crippen LogP contribution in [0.3, 0.4) is 0 Å². The molecule has 0 bridgehead atoms. The van der Waals surface area contributed by atoms with Crippen molar-refractivity contribution < 1.29 is 24.2 Å². The van der Waals surface area contributed by atoms with Gasteiger partial charge in [0.05, 0.1) is 0 Å². The molecule has 0 aromatic rings. The third kappa shape index (κ3) is 5.29. The zero-order valence-electron chi connectivity index (χ0n) is 10.1. The normalized spacial score (nSPS) is 13.2. The van der Waals surface area contributed by atoms with Gasteiger partial charge in [0.1, 0.15) is 0 Å². The largest absolute Gasteiger partial charge is 0.483 e. The fraction of sp³-hybridized carbons (Fsp3) is 0.545. The summed E-state index contributed by atoms with van der Waals surface area (Å²) in [5.74, 6) is -0.951. The second kappa shape index (κ2) is 9.89. The average molecular weight is 230 g/mol. The van der Waals surface area contributed by atoms with Gasteiger partial charge < -0.3 is 9.84 Å². The van der Waals surface area contributed by atoms with Crippen LogP contribution in [0.4, 0.5) is 0 Å². The van der Waals surface area contributed by atoms with E-state index in [9.17, 15) is 9.59 Å². The molecule has 92 valence electrons. The van der Waals surface area contributed by atoms with E-state index in [1.165, 1.54) is 0 Å². The van der Waals surface area contributed by atoms with Gasteiger partial charge in [-0.15, -0.1) is 0 Å². The lowest BCUT2D eigenvalue weighted by Gasteiger charge is -1.92. The van der Waals surface area contributed by atoms with Crippen molar-refractivity contribution in [3.05, 3.63) is 11.1 Å². The second-order valence-electron chi connectivity index (χ2n) is 2.64. The maximum atomic E-state index is 10.9. The number of hydrogen-bond donors (Lipinski definition) is 1. The molecule has 16 heavy (non-hydrogen) atoms. The van der Waals surface area contributed by atoms with Crippen LogP contribution in [-0.2, 0) is 19.1 Å². The standard InChI is InChI=1S/C8H10O3.C2H6.CH2O2/c1-3-4-6-5(2)7(9)11-8(6)10;1-2;2-1-3/h3-4H2,1-2H3;1-2H3;1H,(H,2,3). The molecule has 1 N–H and O–H groups in total. The molecule has 0 aromatic heterocycles. The van der Waals surface area contributed by atoms with E-state index in [1.807, 2.05) is 20.8 Å². The summed E-state index contributed by atoms with van der Waals surface area (Å²) in [4.78, 5) is 30.0. The minimum atomic E-state index is -0.488. The maximum absolute atomic E-state index is 10.9. The molecule has 0 unspecified atom stereocenters. The number of esters is 2. The smallest absolute Gasteiger partial charge is 0.342 e. The quantitative estimate of drug-likeness (QED) is 0.445. The molecule has 0 aromatic carbocycles. The Kier molecular flexibility index (Phi) is 10.4. The summed E-state index contributed by atoms with van der Waals surface area (Å²) in [6.07, 6.45) is 1.49. The molecule has 1 rings (SSSR count). The van der Waals surface area contributed by atoms with Crippen molar-refractivity contribution in [2.45, 2.75) is 40.5 Å². The van der Waals surface area contributed by atoms with Gasteiger partial charge >= 0.3 is 11.9 Å². The van der Waals surface area contributed by atoms with E-state index in [2.05, 4.69) is 4.74 Å². The first-order valence-electron chi connectivity index (χ1n) is 5.12. The third-order valence-corrected chi connectivity index (χ3v) is 1.69. The Morgan fingerprint density at radius 2 is 1.69 bits per heavy atom. The number of ether oxygens (including phenoxy) is 1. The Morgan fingerprint density at radius 1 is 1.25 bits per heavy atom. The predicted molar refractivity (Wildman–Crippen MR) is 58.7 cm³/mol.